The fraction of sp³-hybridized carbons (Fsp3) is 0.600. The standard InChI is InChI=1S/C15H23F2NO2/c1-3-4-5-6-10-18-11-12-8-7-9-13(19-2)14(12)20-15(16)17/h7-9,15,18H,3-6,10-11H2,1-2H3. The molecule has 1 aromatic carbocycles. The van der Waals surface area contributed by atoms with Crippen molar-refractivity contribution >= 4 is 0 Å². The van der Waals surface area contributed by atoms with Gasteiger partial charge in [0.05, 0.1) is 7.11 Å². The smallest absolute Gasteiger partial charge is 0.387 e. The van der Waals surface area contributed by atoms with Crippen molar-refractivity contribution < 1.29 is 18.3 Å². The summed E-state index contributed by atoms with van der Waals surface area (Å²) in [5.74, 6) is 0.446. The summed E-state index contributed by atoms with van der Waals surface area (Å²) in [5, 5.41) is 3.25. The van der Waals surface area contributed by atoms with E-state index >= 15 is 0 Å². The van der Waals surface area contributed by atoms with Gasteiger partial charge >= 0.3 is 6.61 Å². The van der Waals surface area contributed by atoms with Crippen LogP contribution in [0.4, 0.5) is 8.78 Å². The Morgan fingerprint density at radius 1 is 1.20 bits per heavy atom. The highest BCUT2D eigenvalue weighted by Gasteiger charge is 2.14. The van der Waals surface area contributed by atoms with E-state index < -0.39 is 6.61 Å². The molecule has 5 heteroatoms. The molecule has 1 rings (SSSR count). The minimum atomic E-state index is -2.85. The van der Waals surface area contributed by atoms with Gasteiger partial charge in [0.25, 0.3) is 0 Å². The van der Waals surface area contributed by atoms with Crippen LogP contribution in [0, 0.1) is 0 Å². The lowest BCUT2D eigenvalue weighted by molar-refractivity contribution is -0.0518. The Labute approximate surface area is 119 Å². The van der Waals surface area contributed by atoms with Gasteiger partial charge in [0.2, 0.25) is 0 Å². The molecule has 0 aliphatic heterocycles. The van der Waals surface area contributed by atoms with Gasteiger partial charge in [0, 0.05) is 12.1 Å². The van der Waals surface area contributed by atoms with Crippen molar-refractivity contribution in [3.05, 3.63) is 23.8 Å². The average Bonchev–Trinajstić information content (AvgIpc) is 2.43. The number of ether oxygens (including phenoxy) is 2. The zero-order chi connectivity index (χ0) is 14.8. The van der Waals surface area contributed by atoms with Crippen LogP contribution >= 0.6 is 0 Å². The van der Waals surface area contributed by atoms with E-state index in [0.717, 1.165) is 13.0 Å². The predicted molar refractivity (Wildman–Crippen MR) is 75.5 cm³/mol. The van der Waals surface area contributed by atoms with E-state index in [1.807, 2.05) is 0 Å². The van der Waals surface area contributed by atoms with Crippen LogP contribution in [0.25, 0.3) is 0 Å². The molecule has 1 N–H and O–H groups in total. The molecule has 0 aliphatic carbocycles. The third-order valence-electron chi connectivity index (χ3n) is 3.01. The Morgan fingerprint density at radius 2 is 2.00 bits per heavy atom. The number of benzene rings is 1. The minimum absolute atomic E-state index is 0.117. The number of hydrogen-bond acceptors (Lipinski definition) is 3. The van der Waals surface area contributed by atoms with Gasteiger partial charge in [-0.05, 0) is 19.0 Å². The third kappa shape index (κ3) is 5.74. The second kappa shape index (κ2) is 9.53. The van der Waals surface area contributed by atoms with Crippen LogP contribution in [0.2, 0.25) is 0 Å². The quantitative estimate of drug-likeness (QED) is 0.661. The molecule has 0 saturated carbocycles. The van der Waals surface area contributed by atoms with Crippen molar-refractivity contribution in [3.8, 4) is 11.5 Å². The third-order valence-corrected chi connectivity index (χ3v) is 3.01. The van der Waals surface area contributed by atoms with Gasteiger partial charge < -0.3 is 14.8 Å². The first kappa shape index (κ1) is 16.7. The number of methoxy groups -OCH3 is 1. The highest BCUT2D eigenvalue weighted by atomic mass is 19.3. The summed E-state index contributed by atoms with van der Waals surface area (Å²) in [6.07, 6.45) is 4.69. The molecule has 0 saturated heterocycles. The van der Waals surface area contributed by atoms with Crippen LogP contribution in [0.5, 0.6) is 11.5 Å². The predicted octanol–water partition coefficient (Wildman–Crippen LogP) is 3.97. The molecule has 20 heavy (non-hydrogen) atoms. The van der Waals surface area contributed by atoms with E-state index in [9.17, 15) is 8.78 Å². The Hall–Kier alpha value is -1.36. The van der Waals surface area contributed by atoms with Gasteiger partial charge in [-0.3, -0.25) is 0 Å². The minimum Gasteiger partial charge on any atom is -0.493 e. The number of rotatable bonds is 10. The van der Waals surface area contributed by atoms with E-state index in [4.69, 9.17) is 4.74 Å². The highest BCUT2D eigenvalue weighted by molar-refractivity contribution is 5.46. The Bertz CT molecular complexity index is 386. The van der Waals surface area contributed by atoms with Crippen molar-refractivity contribution in [2.24, 2.45) is 0 Å². The summed E-state index contributed by atoms with van der Waals surface area (Å²) in [6, 6.07) is 5.15. The summed E-state index contributed by atoms with van der Waals surface area (Å²) in [5.41, 5.74) is 0.681. The fourth-order valence-corrected chi connectivity index (χ4v) is 1.98. The molecule has 0 aromatic heterocycles. The number of unbranched alkanes of at least 4 members (excludes halogenated alkanes) is 3. The first-order chi connectivity index (χ1) is 9.69. The molecule has 0 atom stereocenters. The van der Waals surface area contributed by atoms with Crippen LogP contribution in [0.3, 0.4) is 0 Å². The molecule has 0 unspecified atom stereocenters. The summed E-state index contributed by atoms with van der Waals surface area (Å²) < 4.78 is 34.5. The first-order valence-corrected chi connectivity index (χ1v) is 7.00. The second-order valence-corrected chi connectivity index (χ2v) is 4.56. The lowest BCUT2D eigenvalue weighted by Gasteiger charge is -2.14. The molecule has 1 aromatic rings. The van der Waals surface area contributed by atoms with Crippen LogP contribution in [-0.2, 0) is 6.54 Å². The number of nitrogens with one attached hydrogen (secondary N) is 1. The van der Waals surface area contributed by atoms with Crippen molar-refractivity contribution in [2.75, 3.05) is 13.7 Å². The Morgan fingerprint density at radius 3 is 2.65 bits per heavy atom. The fourth-order valence-electron chi connectivity index (χ4n) is 1.98. The van der Waals surface area contributed by atoms with Gasteiger partial charge in [-0.25, -0.2) is 0 Å². The van der Waals surface area contributed by atoms with E-state index in [0.29, 0.717) is 17.9 Å². The number of halogens is 2. The second-order valence-electron chi connectivity index (χ2n) is 4.56. The van der Waals surface area contributed by atoms with E-state index in [1.165, 1.54) is 26.4 Å². The van der Waals surface area contributed by atoms with Gasteiger partial charge in [0.15, 0.2) is 11.5 Å². The van der Waals surface area contributed by atoms with Gasteiger partial charge in [0.1, 0.15) is 0 Å². The van der Waals surface area contributed by atoms with Crippen molar-refractivity contribution in [2.45, 2.75) is 45.8 Å². The number of para-hydroxylation sites is 1. The van der Waals surface area contributed by atoms with Crippen LogP contribution in [0.1, 0.15) is 38.2 Å². The molecule has 0 amide bonds. The largest absolute Gasteiger partial charge is 0.493 e. The van der Waals surface area contributed by atoms with Crippen LogP contribution in [0.15, 0.2) is 18.2 Å². The molecule has 114 valence electrons. The van der Waals surface area contributed by atoms with Crippen LogP contribution < -0.4 is 14.8 Å². The Kier molecular flexibility index (Phi) is 7.95. The lowest BCUT2D eigenvalue weighted by Crippen LogP contribution is -2.16. The summed E-state index contributed by atoms with van der Waals surface area (Å²) in [6.45, 7) is 0.670. The molecular formula is C15H23F2NO2. The molecule has 0 fully saturated rings. The van der Waals surface area contributed by atoms with Crippen molar-refractivity contribution in [3.63, 3.8) is 0 Å². The average molecular weight is 287 g/mol. The first-order valence-electron chi connectivity index (χ1n) is 7.00. The maximum absolute atomic E-state index is 12.4. The molecule has 0 spiro atoms. The normalized spacial score (nSPS) is 10.8. The van der Waals surface area contributed by atoms with Crippen LogP contribution in [-0.4, -0.2) is 20.3 Å². The van der Waals surface area contributed by atoms with Gasteiger partial charge in [-0.1, -0.05) is 38.3 Å². The summed E-state index contributed by atoms with van der Waals surface area (Å²) in [4.78, 5) is 0. The van der Waals surface area contributed by atoms with E-state index in [-0.39, 0.29) is 5.75 Å². The van der Waals surface area contributed by atoms with Crippen molar-refractivity contribution in [1.29, 1.82) is 0 Å². The van der Waals surface area contributed by atoms with Gasteiger partial charge in [-0.2, -0.15) is 8.78 Å². The summed E-state index contributed by atoms with van der Waals surface area (Å²) >= 11 is 0. The zero-order valence-corrected chi connectivity index (χ0v) is 12.1. The maximum atomic E-state index is 12.4. The molecule has 0 radical (unpaired) electrons. The Balaban J connectivity index is 2.55. The van der Waals surface area contributed by atoms with Gasteiger partial charge in [-0.15, -0.1) is 0 Å². The van der Waals surface area contributed by atoms with E-state index in [1.54, 1.807) is 18.2 Å². The maximum Gasteiger partial charge on any atom is 0.387 e. The SMILES string of the molecule is CCCCCCNCc1cccc(OC)c1OC(F)F. The monoisotopic (exact) mass is 287 g/mol. The summed E-state index contributed by atoms with van der Waals surface area (Å²) in [7, 11) is 1.44. The highest BCUT2D eigenvalue weighted by Crippen LogP contribution is 2.32. The van der Waals surface area contributed by atoms with E-state index in [2.05, 4.69) is 17.0 Å². The molecule has 0 heterocycles. The zero-order valence-electron chi connectivity index (χ0n) is 12.1. The molecule has 0 bridgehead atoms. The topological polar surface area (TPSA) is 30.5 Å². The number of hydrogen-bond donors (Lipinski definition) is 1. The molecule has 0 aliphatic rings. The molecular weight excluding hydrogens is 264 g/mol. The lowest BCUT2D eigenvalue weighted by atomic mass is 10.1. The number of alkyl halides is 2. The van der Waals surface area contributed by atoms with Crippen molar-refractivity contribution in [1.82, 2.24) is 5.32 Å². The molecule has 3 nitrogen and oxygen atoms in total.